The Bertz CT molecular complexity index is 913. The Morgan fingerprint density at radius 1 is 1.12 bits per heavy atom. The van der Waals surface area contributed by atoms with E-state index in [2.05, 4.69) is 19.2 Å². The zero-order valence-corrected chi connectivity index (χ0v) is 15.1. The highest BCUT2D eigenvalue weighted by molar-refractivity contribution is 5.77. The number of nitrogens with zero attached hydrogens (tertiary/aromatic N) is 2. The van der Waals surface area contributed by atoms with E-state index in [4.69, 9.17) is 4.98 Å². The van der Waals surface area contributed by atoms with Gasteiger partial charge in [0.25, 0.3) is 5.56 Å². The molecule has 0 spiro atoms. The van der Waals surface area contributed by atoms with E-state index in [-0.39, 0.29) is 11.6 Å². The minimum absolute atomic E-state index is 0.00911. The molecule has 0 aliphatic heterocycles. The van der Waals surface area contributed by atoms with Gasteiger partial charge in [0.2, 0.25) is 0 Å². The fraction of sp³-hybridized carbons (Fsp3) is 0.333. The molecule has 3 aromatic rings. The molecule has 0 radical (unpaired) electrons. The molecule has 1 aromatic heterocycles. The van der Waals surface area contributed by atoms with E-state index in [0.29, 0.717) is 5.39 Å². The van der Waals surface area contributed by atoms with Crippen molar-refractivity contribution < 1.29 is 0 Å². The van der Waals surface area contributed by atoms with E-state index in [1.807, 2.05) is 55.5 Å². The molecule has 1 heterocycles. The summed E-state index contributed by atoms with van der Waals surface area (Å²) in [7, 11) is 0. The Balaban J connectivity index is 2.17. The molecule has 0 saturated heterocycles. The molecular formula is C21H25N3O. The number of hydrogen-bond donors (Lipinski definition) is 1. The summed E-state index contributed by atoms with van der Waals surface area (Å²) in [6, 6.07) is 15.5. The number of benzene rings is 2. The molecule has 130 valence electrons. The number of aryl methyl sites for hydroxylation is 1. The largest absolute Gasteiger partial charge is 0.308 e. The minimum atomic E-state index is -0.0198. The maximum Gasteiger partial charge on any atom is 0.266 e. The van der Waals surface area contributed by atoms with E-state index in [1.165, 1.54) is 5.56 Å². The second-order valence-electron chi connectivity index (χ2n) is 6.49. The third kappa shape index (κ3) is 3.64. The van der Waals surface area contributed by atoms with Gasteiger partial charge in [0.1, 0.15) is 5.82 Å². The number of aromatic nitrogens is 2. The van der Waals surface area contributed by atoms with Crippen LogP contribution in [0.1, 0.15) is 44.1 Å². The van der Waals surface area contributed by atoms with Crippen LogP contribution in [-0.4, -0.2) is 16.1 Å². The lowest BCUT2D eigenvalue weighted by atomic mass is 10.2. The molecule has 3 rings (SSSR count). The summed E-state index contributed by atoms with van der Waals surface area (Å²) >= 11 is 0. The van der Waals surface area contributed by atoms with Gasteiger partial charge in [0, 0.05) is 0 Å². The first kappa shape index (κ1) is 17.4. The summed E-state index contributed by atoms with van der Waals surface area (Å²) in [5.74, 6) is 0.753. The Labute approximate surface area is 148 Å². The first-order valence-electron chi connectivity index (χ1n) is 8.94. The predicted octanol–water partition coefficient (Wildman–Crippen LogP) is 4.14. The molecule has 0 amide bonds. The second-order valence-corrected chi connectivity index (χ2v) is 6.49. The maximum atomic E-state index is 13.2. The first-order chi connectivity index (χ1) is 12.1. The fourth-order valence-corrected chi connectivity index (χ4v) is 2.97. The number of hydrogen-bond acceptors (Lipinski definition) is 3. The highest BCUT2D eigenvalue weighted by Crippen LogP contribution is 2.18. The molecule has 0 saturated carbocycles. The number of para-hydroxylation sites is 1. The van der Waals surface area contributed by atoms with Crippen molar-refractivity contribution in [1.82, 2.24) is 14.9 Å². The van der Waals surface area contributed by atoms with Crippen LogP contribution < -0.4 is 10.9 Å². The second kappa shape index (κ2) is 7.62. The summed E-state index contributed by atoms with van der Waals surface area (Å²) in [5.41, 5.74) is 2.75. The van der Waals surface area contributed by atoms with Gasteiger partial charge < -0.3 is 5.32 Å². The van der Waals surface area contributed by atoms with Gasteiger partial charge in [-0.15, -0.1) is 0 Å². The average molecular weight is 335 g/mol. The summed E-state index contributed by atoms with van der Waals surface area (Å²) in [5, 5.41) is 4.14. The molecule has 25 heavy (non-hydrogen) atoms. The predicted molar refractivity (Wildman–Crippen MR) is 103 cm³/mol. The Morgan fingerprint density at radius 3 is 2.56 bits per heavy atom. The van der Waals surface area contributed by atoms with Gasteiger partial charge in [-0.25, -0.2) is 4.98 Å². The molecule has 0 fully saturated rings. The molecule has 4 heteroatoms. The van der Waals surface area contributed by atoms with Crippen LogP contribution in [0.5, 0.6) is 0 Å². The van der Waals surface area contributed by atoms with Gasteiger partial charge >= 0.3 is 0 Å². The van der Waals surface area contributed by atoms with Crippen LogP contribution in [0.25, 0.3) is 16.6 Å². The van der Waals surface area contributed by atoms with Crippen molar-refractivity contribution in [3.63, 3.8) is 0 Å². The summed E-state index contributed by atoms with van der Waals surface area (Å²) in [6.45, 7) is 7.19. The van der Waals surface area contributed by atoms with Crippen LogP contribution in [0.15, 0.2) is 53.3 Å². The molecule has 4 nitrogen and oxygen atoms in total. The smallest absolute Gasteiger partial charge is 0.266 e. The highest BCUT2D eigenvalue weighted by atomic mass is 16.1. The lowest BCUT2D eigenvalue weighted by Gasteiger charge is -2.19. The van der Waals surface area contributed by atoms with Gasteiger partial charge in [-0.1, -0.05) is 43.2 Å². The van der Waals surface area contributed by atoms with Gasteiger partial charge in [-0.3, -0.25) is 9.36 Å². The van der Waals surface area contributed by atoms with E-state index in [9.17, 15) is 4.79 Å². The first-order valence-corrected chi connectivity index (χ1v) is 8.94. The highest BCUT2D eigenvalue weighted by Gasteiger charge is 2.17. The molecule has 2 aromatic carbocycles. The number of unbranched alkanes of at least 4 members (excludes halogenated alkanes) is 1. The van der Waals surface area contributed by atoms with Crippen molar-refractivity contribution >= 4 is 10.9 Å². The Kier molecular flexibility index (Phi) is 5.29. The zero-order valence-electron chi connectivity index (χ0n) is 15.1. The standard InChI is InChI=1S/C21H25N3O/c1-4-5-14-22-16(3)20-23-19-9-7-6-8-18(19)21(25)24(20)17-12-10-15(2)11-13-17/h6-13,16,22H,4-5,14H2,1-3H3/t16-/m1/s1. The normalized spacial score (nSPS) is 12.4. The molecule has 0 aliphatic carbocycles. The molecule has 0 aliphatic rings. The lowest BCUT2D eigenvalue weighted by molar-refractivity contribution is 0.520. The van der Waals surface area contributed by atoms with Crippen molar-refractivity contribution in [2.45, 2.75) is 39.7 Å². The zero-order chi connectivity index (χ0) is 17.8. The third-order valence-corrected chi connectivity index (χ3v) is 4.46. The van der Waals surface area contributed by atoms with Crippen LogP contribution >= 0.6 is 0 Å². The quantitative estimate of drug-likeness (QED) is 0.689. The van der Waals surface area contributed by atoms with Crippen LogP contribution in [0, 0.1) is 6.92 Å². The van der Waals surface area contributed by atoms with Crippen molar-refractivity contribution in [2.24, 2.45) is 0 Å². The summed E-state index contributed by atoms with van der Waals surface area (Å²) in [4.78, 5) is 18.0. The lowest BCUT2D eigenvalue weighted by Crippen LogP contribution is -2.30. The van der Waals surface area contributed by atoms with Gasteiger partial charge in [-0.2, -0.15) is 0 Å². The van der Waals surface area contributed by atoms with E-state index < -0.39 is 0 Å². The Morgan fingerprint density at radius 2 is 1.84 bits per heavy atom. The topological polar surface area (TPSA) is 46.9 Å². The van der Waals surface area contributed by atoms with Crippen molar-refractivity contribution in [3.05, 3.63) is 70.3 Å². The molecule has 0 unspecified atom stereocenters. The molecule has 1 atom stereocenters. The number of nitrogens with one attached hydrogen (secondary N) is 1. The third-order valence-electron chi connectivity index (χ3n) is 4.46. The molecule has 1 N–H and O–H groups in total. The molecular weight excluding hydrogens is 310 g/mol. The summed E-state index contributed by atoms with van der Waals surface area (Å²) < 4.78 is 1.74. The van der Waals surface area contributed by atoms with Crippen molar-refractivity contribution in [2.75, 3.05) is 6.54 Å². The Hall–Kier alpha value is -2.46. The number of fused-ring (bicyclic) bond motifs is 1. The van der Waals surface area contributed by atoms with E-state index in [0.717, 1.165) is 36.4 Å². The van der Waals surface area contributed by atoms with Crippen LogP contribution in [-0.2, 0) is 0 Å². The van der Waals surface area contributed by atoms with Crippen molar-refractivity contribution in [1.29, 1.82) is 0 Å². The van der Waals surface area contributed by atoms with Crippen LogP contribution in [0.4, 0.5) is 0 Å². The molecule has 0 bridgehead atoms. The van der Waals surface area contributed by atoms with E-state index >= 15 is 0 Å². The average Bonchev–Trinajstić information content (AvgIpc) is 2.63. The monoisotopic (exact) mass is 335 g/mol. The fourth-order valence-electron chi connectivity index (χ4n) is 2.97. The number of rotatable bonds is 6. The van der Waals surface area contributed by atoms with Crippen LogP contribution in [0.2, 0.25) is 0 Å². The summed E-state index contributed by atoms with van der Waals surface area (Å²) in [6.07, 6.45) is 2.24. The van der Waals surface area contributed by atoms with Gasteiger partial charge in [-0.05, 0) is 51.1 Å². The SMILES string of the molecule is CCCCN[C@H](C)c1nc2ccccc2c(=O)n1-c1ccc(C)cc1. The van der Waals surface area contributed by atoms with Gasteiger partial charge in [0.15, 0.2) is 0 Å². The van der Waals surface area contributed by atoms with Gasteiger partial charge in [0.05, 0.1) is 22.6 Å². The van der Waals surface area contributed by atoms with Crippen molar-refractivity contribution in [3.8, 4) is 5.69 Å². The van der Waals surface area contributed by atoms with E-state index in [1.54, 1.807) is 4.57 Å². The van der Waals surface area contributed by atoms with Crippen LogP contribution in [0.3, 0.4) is 0 Å². The maximum absolute atomic E-state index is 13.2. The minimum Gasteiger partial charge on any atom is -0.308 e.